The van der Waals surface area contributed by atoms with E-state index in [-0.39, 0.29) is 11.5 Å². The summed E-state index contributed by atoms with van der Waals surface area (Å²) in [6.07, 6.45) is 6.99. The molecule has 2 aliphatic rings. The topological polar surface area (TPSA) is 60.2 Å². The molecule has 1 saturated carbocycles. The number of ether oxygens (including phenoxy) is 1. The first-order valence-electron chi connectivity index (χ1n) is 7.86. The molecule has 1 aromatic rings. The number of rotatable bonds is 6. The molecule has 2 fully saturated rings. The number of nitrogens with zero attached hydrogens (tertiary/aromatic N) is 2. The van der Waals surface area contributed by atoms with Gasteiger partial charge >= 0.3 is 0 Å². The van der Waals surface area contributed by atoms with Crippen LogP contribution in [0, 0.1) is 5.92 Å². The van der Waals surface area contributed by atoms with E-state index in [0.29, 0.717) is 5.92 Å². The number of piperidine rings is 1. The van der Waals surface area contributed by atoms with Gasteiger partial charge in [-0.25, -0.2) is 0 Å². The molecular weight excluding hydrogens is 254 g/mol. The van der Waals surface area contributed by atoms with Gasteiger partial charge in [0.2, 0.25) is 11.7 Å². The largest absolute Gasteiger partial charge is 0.373 e. The molecule has 1 aromatic heterocycles. The van der Waals surface area contributed by atoms with Gasteiger partial charge in [0.05, 0.1) is 5.41 Å². The van der Waals surface area contributed by atoms with E-state index >= 15 is 0 Å². The minimum absolute atomic E-state index is 0.0164. The highest BCUT2D eigenvalue weighted by molar-refractivity contribution is 5.10. The van der Waals surface area contributed by atoms with Crippen molar-refractivity contribution in [2.75, 3.05) is 20.2 Å². The lowest BCUT2D eigenvalue weighted by atomic mass is 9.77. The monoisotopic (exact) mass is 279 g/mol. The molecule has 1 saturated heterocycles. The molecule has 0 spiro atoms. The van der Waals surface area contributed by atoms with Crippen LogP contribution in [0.4, 0.5) is 0 Å². The van der Waals surface area contributed by atoms with E-state index in [1.165, 1.54) is 19.3 Å². The molecule has 0 amide bonds. The number of hydrogen-bond acceptors (Lipinski definition) is 5. The lowest BCUT2D eigenvalue weighted by molar-refractivity contribution is 0.0751. The van der Waals surface area contributed by atoms with Gasteiger partial charge in [-0.15, -0.1) is 0 Å². The molecule has 3 rings (SSSR count). The summed E-state index contributed by atoms with van der Waals surface area (Å²) < 4.78 is 11.2. The molecule has 112 valence electrons. The van der Waals surface area contributed by atoms with Gasteiger partial charge in [-0.1, -0.05) is 18.5 Å². The van der Waals surface area contributed by atoms with Gasteiger partial charge in [0.25, 0.3) is 0 Å². The second kappa shape index (κ2) is 5.82. The SMILES string of the molecule is CCCC1(c2nc(C(OC)C3CC3)no2)CCCNC1. The van der Waals surface area contributed by atoms with Crippen molar-refractivity contribution >= 4 is 0 Å². The summed E-state index contributed by atoms with van der Waals surface area (Å²) in [7, 11) is 1.74. The predicted molar refractivity (Wildman–Crippen MR) is 75.5 cm³/mol. The van der Waals surface area contributed by atoms with E-state index in [1.807, 2.05) is 0 Å². The second-order valence-electron chi connectivity index (χ2n) is 6.26. The van der Waals surface area contributed by atoms with E-state index in [1.54, 1.807) is 7.11 Å². The van der Waals surface area contributed by atoms with Crippen molar-refractivity contribution in [2.24, 2.45) is 5.92 Å². The fraction of sp³-hybridized carbons (Fsp3) is 0.867. The summed E-state index contributed by atoms with van der Waals surface area (Å²) in [4.78, 5) is 4.71. The Morgan fingerprint density at radius 2 is 2.35 bits per heavy atom. The third-order valence-electron chi connectivity index (χ3n) is 4.65. The Morgan fingerprint density at radius 1 is 1.50 bits per heavy atom. The van der Waals surface area contributed by atoms with Crippen LogP contribution in [-0.2, 0) is 10.2 Å². The summed E-state index contributed by atoms with van der Waals surface area (Å²) in [6.45, 7) is 4.26. The molecule has 0 aromatic carbocycles. The lowest BCUT2D eigenvalue weighted by Gasteiger charge is -2.34. The number of nitrogens with one attached hydrogen (secondary N) is 1. The van der Waals surface area contributed by atoms with Crippen molar-refractivity contribution in [1.82, 2.24) is 15.5 Å². The Morgan fingerprint density at radius 3 is 2.95 bits per heavy atom. The van der Waals surface area contributed by atoms with Crippen LogP contribution in [0.15, 0.2) is 4.52 Å². The smallest absolute Gasteiger partial charge is 0.234 e. The molecule has 1 aliphatic heterocycles. The number of hydrogen-bond donors (Lipinski definition) is 1. The maximum absolute atomic E-state index is 5.64. The van der Waals surface area contributed by atoms with Crippen LogP contribution in [0.2, 0.25) is 0 Å². The predicted octanol–water partition coefficient (Wildman–Crippen LogP) is 2.59. The zero-order valence-electron chi connectivity index (χ0n) is 12.5. The molecule has 2 heterocycles. The maximum atomic E-state index is 5.64. The van der Waals surface area contributed by atoms with Crippen LogP contribution in [-0.4, -0.2) is 30.3 Å². The van der Waals surface area contributed by atoms with E-state index in [0.717, 1.165) is 44.1 Å². The number of methoxy groups -OCH3 is 1. The zero-order chi connectivity index (χ0) is 14.0. The van der Waals surface area contributed by atoms with Gasteiger partial charge < -0.3 is 14.6 Å². The van der Waals surface area contributed by atoms with Gasteiger partial charge in [-0.3, -0.25) is 0 Å². The van der Waals surface area contributed by atoms with Crippen LogP contribution < -0.4 is 5.32 Å². The van der Waals surface area contributed by atoms with Gasteiger partial charge in [-0.2, -0.15) is 4.98 Å². The molecule has 20 heavy (non-hydrogen) atoms. The Hall–Kier alpha value is -0.940. The van der Waals surface area contributed by atoms with Crippen molar-refractivity contribution in [3.05, 3.63) is 11.7 Å². The van der Waals surface area contributed by atoms with E-state index in [2.05, 4.69) is 17.4 Å². The molecule has 2 unspecified atom stereocenters. The van der Waals surface area contributed by atoms with Crippen molar-refractivity contribution in [3.63, 3.8) is 0 Å². The van der Waals surface area contributed by atoms with Crippen molar-refractivity contribution < 1.29 is 9.26 Å². The van der Waals surface area contributed by atoms with E-state index < -0.39 is 0 Å². The lowest BCUT2D eigenvalue weighted by Crippen LogP contribution is -2.43. The van der Waals surface area contributed by atoms with E-state index in [4.69, 9.17) is 14.2 Å². The molecule has 1 N–H and O–H groups in total. The summed E-state index contributed by atoms with van der Waals surface area (Å²) in [5.41, 5.74) is 0.0279. The van der Waals surface area contributed by atoms with Gasteiger partial charge in [0.15, 0.2) is 0 Å². The van der Waals surface area contributed by atoms with Crippen LogP contribution in [0.1, 0.15) is 63.3 Å². The summed E-state index contributed by atoms with van der Waals surface area (Å²) in [5, 5.41) is 7.70. The highest BCUT2D eigenvalue weighted by atomic mass is 16.5. The minimum atomic E-state index is 0.0164. The van der Waals surface area contributed by atoms with Crippen LogP contribution in [0.3, 0.4) is 0 Å². The van der Waals surface area contributed by atoms with Gasteiger partial charge in [0, 0.05) is 13.7 Å². The third-order valence-corrected chi connectivity index (χ3v) is 4.65. The van der Waals surface area contributed by atoms with E-state index in [9.17, 15) is 0 Å². The molecule has 0 bridgehead atoms. The van der Waals surface area contributed by atoms with Crippen LogP contribution in [0.5, 0.6) is 0 Å². The van der Waals surface area contributed by atoms with Crippen molar-refractivity contribution in [2.45, 2.75) is 57.0 Å². The summed E-state index contributed by atoms with van der Waals surface area (Å²) in [5.74, 6) is 2.13. The Labute approximate surface area is 120 Å². The minimum Gasteiger partial charge on any atom is -0.373 e. The summed E-state index contributed by atoms with van der Waals surface area (Å²) in [6, 6.07) is 0. The third kappa shape index (κ3) is 2.61. The van der Waals surface area contributed by atoms with Crippen LogP contribution in [0.25, 0.3) is 0 Å². The standard InChI is InChI=1S/C15H25N3O2/c1-3-7-15(8-4-9-16-10-15)14-17-13(18-20-14)12(19-2)11-5-6-11/h11-12,16H,3-10H2,1-2H3. The highest BCUT2D eigenvalue weighted by Gasteiger charge is 2.41. The highest BCUT2D eigenvalue weighted by Crippen LogP contribution is 2.43. The number of aromatic nitrogens is 2. The molecule has 2 atom stereocenters. The second-order valence-corrected chi connectivity index (χ2v) is 6.26. The summed E-state index contributed by atoms with van der Waals surface area (Å²) >= 11 is 0. The average molecular weight is 279 g/mol. The molecule has 5 nitrogen and oxygen atoms in total. The fourth-order valence-electron chi connectivity index (χ4n) is 3.42. The maximum Gasteiger partial charge on any atom is 0.234 e. The average Bonchev–Trinajstić information content (AvgIpc) is 3.17. The molecular formula is C15H25N3O2. The van der Waals surface area contributed by atoms with Gasteiger partial charge in [0.1, 0.15) is 6.10 Å². The Bertz CT molecular complexity index is 431. The van der Waals surface area contributed by atoms with Gasteiger partial charge in [-0.05, 0) is 44.6 Å². The fourth-order valence-corrected chi connectivity index (χ4v) is 3.42. The zero-order valence-corrected chi connectivity index (χ0v) is 12.5. The normalized spacial score (nSPS) is 28.5. The van der Waals surface area contributed by atoms with Crippen LogP contribution >= 0.6 is 0 Å². The van der Waals surface area contributed by atoms with Crippen molar-refractivity contribution in [1.29, 1.82) is 0 Å². The molecule has 1 aliphatic carbocycles. The molecule has 5 heteroatoms. The van der Waals surface area contributed by atoms with Crippen molar-refractivity contribution in [3.8, 4) is 0 Å². The quantitative estimate of drug-likeness (QED) is 0.867. The Kier molecular flexibility index (Phi) is 4.08. The molecule has 0 radical (unpaired) electrons. The first kappa shape index (κ1) is 14.0. The first-order valence-corrected chi connectivity index (χ1v) is 7.86. The Balaban J connectivity index is 1.82. The first-order chi connectivity index (χ1) is 9.79.